The Kier molecular flexibility index (Phi) is 6.34. The molecule has 7 nitrogen and oxygen atoms in total. The van der Waals surface area contributed by atoms with Crippen molar-refractivity contribution >= 4 is 12.0 Å². The number of aromatic nitrogens is 1. The molecule has 0 spiro atoms. The zero-order valence-electron chi connectivity index (χ0n) is 17.9. The van der Waals surface area contributed by atoms with Gasteiger partial charge in [0.2, 0.25) is 0 Å². The minimum absolute atomic E-state index is 0.0762. The number of fused-ring (bicyclic) bond motifs is 1. The van der Waals surface area contributed by atoms with E-state index in [1.165, 1.54) is 24.4 Å². The zero-order chi connectivity index (χ0) is 23.7. The van der Waals surface area contributed by atoms with Crippen molar-refractivity contribution < 1.29 is 32.2 Å². The van der Waals surface area contributed by atoms with Gasteiger partial charge in [-0.05, 0) is 48.6 Å². The van der Waals surface area contributed by atoms with Crippen molar-refractivity contribution in [3.63, 3.8) is 0 Å². The molecule has 3 N–H and O–H groups in total. The minimum atomic E-state index is -4.72. The van der Waals surface area contributed by atoms with Crippen LogP contribution in [0.5, 0.6) is 5.75 Å². The van der Waals surface area contributed by atoms with Gasteiger partial charge in [0.25, 0.3) is 5.91 Å². The molecule has 2 amide bonds. The molecule has 1 aromatic carbocycles. The second kappa shape index (κ2) is 8.68. The molecule has 0 bridgehead atoms. The van der Waals surface area contributed by atoms with Gasteiger partial charge in [0.05, 0.1) is 23.4 Å². The normalized spacial score (nSPS) is 15.2. The summed E-state index contributed by atoms with van der Waals surface area (Å²) in [5, 5.41) is 2.62. The van der Waals surface area contributed by atoms with Crippen LogP contribution in [0, 0.1) is 5.92 Å². The molecule has 32 heavy (non-hydrogen) atoms. The van der Waals surface area contributed by atoms with Crippen LogP contribution in [0.15, 0.2) is 30.5 Å². The first-order valence-corrected chi connectivity index (χ1v) is 9.98. The lowest BCUT2D eigenvalue weighted by Gasteiger charge is -2.30. The zero-order valence-corrected chi connectivity index (χ0v) is 17.9. The maximum atomic E-state index is 13.9. The third-order valence-corrected chi connectivity index (χ3v) is 4.99. The number of nitrogens with zero attached hydrogens (tertiary/aromatic N) is 1. The average Bonchev–Trinajstić information content (AvgIpc) is 3.05. The number of alkyl halides is 3. The largest absolute Gasteiger partial charge is 0.489 e. The summed E-state index contributed by atoms with van der Waals surface area (Å²) in [7, 11) is 0. The van der Waals surface area contributed by atoms with E-state index in [1.807, 2.05) is 13.8 Å². The van der Waals surface area contributed by atoms with Crippen LogP contribution < -0.4 is 15.8 Å². The Labute approximate surface area is 183 Å². The van der Waals surface area contributed by atoms with Gasteiger partial charge >= 0.3 is 12.3 Å². The fraction of sp³-hybridized carbons (Fsp3) is 0.409. The molecule has 1 aromatic heterocycles. The highest BCUT2D eigenvalue weighted by Gasteiger charge is 2.37. The monoisotopic (exact) mass is 451 g/mol. The van der Waals surface area contributed by atoms with Crippen LogP contribution in [-0.4, -0.2) is 29.2 Å². The summed E-state index contributed by atoms with van der Waals surface area (Å²) in [6.07, 6.45) is -3.96. The summed E-state index contributed by atoms with van der Waals surface area (Å²) >= 11 is 0. The van der Waals surface area contributed by atoms with Crippen LogP contribution in [0.1, 0.15) is 48.8 Å². The van der Waals surface area contributed by atoms with E-state index >= 15 is 0 Å². The summed E-state index contributed by atoms with van der Waals surface area (Å²) in [5.74, 6) is -0.725. The Morgan fingerprint density at radius 2 is 2.00 bits per heavy atom. The number of ether oxygens (including phenoxy) is 2. The number of nitrogens with two attached hydrogens (primary N) is 1. The fourth-order valence-corrected chi connectivity index (χ4v) is 3.90. The van der Waals surface area contributed by atoms with Gasteiger partial charge in [-0.15, -0.1) is 0 Å². The van der Waals surface area contributed by atoms with Crippen LogP contribution in [-0.2, 0) is 17.5 Å². The van der Waals surface area contributed by atoms with E-state index in [-0.39, 0.29) is 36.1 Å². The molecule has 0 fully saturated rings. The number of pyridine rings is 1. The van der Waals surface area contributed by atoms with Crippen LogP contribution in [0.25, 0.3) is 11.1 Å². The quantitative estimate of drug-likeness (QED) is 0.654. The second-order valence-corrected chi connectivity index (χ2v) is 8.33. The summed E-state index contributed by atoms with van der Waals surface area (Å²) in [5.41, 5.74) is 4.21. The number of primary amides is 1. The molecule has 0 aliphatic carbocycles. The molecule has 0 saturated carbocycles. The van der Waals surface area contributed by atoms with Crippen LogP contribution >= 0.6 is 0 Å². The molecule has 10 heteroatoms. The molecular weight excluding hydrogens is 427 g/mol. The lowest BCUT2D eigenvalue weighted by molar-refractivity contribution is -0.139. The number of rotatable bonds is 7. The van der Waals surface area contributed by atoms with Crippen molar-refractivity contribution in [3.05, 3.63) is 47.3 Å². The third kappa shape index (κ3) is 5.12. The van der Waals surface area contributed by atoms with E-state index in [1.54, 1.807) is 6.92 Å². The lowest BCUT2D eigenvalue weighted by Crippen LogP contribution is -2.41. The molecule has 1 aliphatic rings. The Hall–Kier alpha value is -3.30. The minimum Gasteiger partial charge on any atom is -0.489 e. The average molecular weight is 451 g/mol. The Morgan fingerprint density at radius 1 is 1.28 bits per heavy atom. The van der Waals surface area contributed by atoms with Gasteiger partial charge in [-0.3, -0.25) is 9.78 Å². The topological polar surface area (TPSA) is 104 Å². The van der Waals surface area contributed by atoms with E-state index in [4.69, 9.17) is 15.2 Å². The third-order valence-electron chi connectivity index (χ3n) is 4.99. The lowest BCUT2D eigenvalue weighted by atomic mass is 9.94. The first kappa shape index (κ1) is 23.4. The maximum absolute atomic E-state index is 13.9. The predicted molar refractivity (Wildman–Crippen MR) is 110 cm³/mol. The van der Waals surface area contributed by atoms with Gasteiger partial charge in [-0.1, -0.05) is 19.9 Å². The Morgan fingerprint density at radius 3 is 2.62 bits per heavy atom. The first-order valence-electron chi connectivity index (χ1n) is 9.98. The van der Waals surface area contributed by atoms with Crippen molar-refractivity contribution in [2.45, 2.75) is 45.5 Å². The number of hydrogen-bond donors (Lipinski definition) is 2. The first-order chi connectivity index (χ1) is 14.9. The molecule has 0 radical (unpaired) electrons. The van der Waals surface area contributed by atoms with Crippen LogP contribution in [0.2, 0.25) is 0 Å². The highest BCUT2D eigenvalue weighted by Crippen LogP contribution is 2.40. The number of nitrogens with one attached hydrogen (secondary N) is 1. The van der Waals surface area contributed by atoms with E-state index in [2.05, 4.69) is 10.3 Å². The molecule has 3 rings (SSSR count). The summed E-state index contributed by atoms with van der Waals surface area (Å²) in [6.45, 7) is 5.22. The van der Waals surface area contributed by atoms with Crippen molar-refractivity contribution in [1.82, 2.24) is 10.3 Å². The van der Waals surface area contributed by atoms with E-state index in [9.17, 15) is 22.8 Å². The Bertz CT molecular complexity index is 1040. The fourth-order valence-electron chi connectivity index (χ4n) is 3.90. The van der Waals surface area contributed by atoms with Crippen molar-refractivity contribution in [3.8, 4) is 16.9 Å². The molecule has 1 unspecified atom stereocenters. The predicted octanol–water partition coefficient (Wildman–Crippen LogP) is 4.29. The number of amides is 2. The summed E-state index contributed by atoms with van der Waals surface area (Å²) in [6, 6.07) is 5.07. The van der Waals surface area contributed by atoms with E-state index in [0.717, 1.165) is 6.07 Å². The van der Waals surface area contributed by atoms with Crippen molar-refractivity contribution in [1.29, 1.82) is 0 Å². The Balaban J connectivity index is 1.96. The summed E-state index contributed by atoms with van der Waals surface area (Å²) < 4.78 is 52.2. The van der Waals surface area contributed by atoms with Crippen molar-refractivity contribution in [2.75, 3.05) is 6.61 Å². The molecule has 2 heterocycles. The molecular formula is C22H24F3N3O4. The molecule has 172 valence electrons. The van der Waals surface area contributed by atoms with Gasteiger partial charge < -0.3 is 20.5 Å². The van der Waals surface area contributed by atoms with E-state index < -0.39 is 29.2 Å². The number of hydrogen-bond acceptors (Lipinski definition) is 5. The summed E-state index contributed by atoms with van der Waals surface area (Å²) in [4.78, 5) is 27.5. The van der Waals surface area contributed by atoms with Gasteiger partial charge in [-0.2, -0.15) is 13.2 Å². The smallest absolute Gasteiger partial charge is 0.419 e. The second-order valence-electron chi connectivity index (χ2n) is 8.33. The van der Waals surface area contributed by atoms with Crippen molar-refractivity contribution in [2.24, 2.45) is 11.7 Å². The molecule has 1 atom stereocenters. The van der Waals surface area contributed by atoms with Gasteiger partial charge in [0.1, 0.15) is 18.0 Å². The van der Waals surface area contributed by atoms with Crippen LogP contribution in [0.4, 0.5) is 18.0 Å². The molecule has 1 aliphatic heterocycles. The SMILES string of the molecule is CC(C)CC(C)(COc1ccc(-c2ccnc3c2C(=O)NC3)cc1C(F)(F)F)OC(N)=O. The number of carbonyl (C=O) groups excluding carboxylic acids is 2. The van der Waals surface area contributed by atoms with Gasteiger partial charge in [0.15, 0.2) is 0 Å². The molecule has 2 aromatic rings. The van der Waals surface area contributed by atoms with Gasteiger partial charge in [0, 0.05) is 6.20 Å². The molecule has 0 saturated heterocycles. The standard InChI is InChI=1S/C22H24F3N3O4/c1-12(2)9-21(3,32-20(26)30)11-31-17-5-4-13(8-15(17)22(23,24)25)14-6-7-27-16-10-28-19(29)18(14)16/h4-8,12H,9-11H2,1-3H3,(H2,26,30)(H,28,29). The van der Waals surface area contributed by atoms with Crippen LogP contribution in [0.3, 0.4) is 0 Å². The number of benzene rings is 1. The van der Waals surface area contributed by atoms with Gasteiger partial charge in [-0.25, -0.2) is 4.79 Å². The number of halogens is 3. The van der Waals surface area contributed by atoms with E-state index in [0.29, 0.717) is 17.7 Å². The maximum Gasteiger partial charge on any atom is 0.419 e. The highest BCUT2D eigenvalue weighted by atomic mass is 19.4. The highest BCUT2D eigenvalue weighted by molar-refractivity contribution is 6.04. The number of carbonyl (C=O) groups is 2.